The van der Waals surface area contributed by atoms with Crippen LogP contribution in [-0.4, -0.2) is 62.2 Å². The van der Waals surface area contributed by atoms with Crippen molar-refractivity contribution < 1.29 is 39.8 Å². The lowest BCUT2D eigenvalue weighted by Gasteiger charge is -2.53. The van der Waals surface area contributed by atoms with Gasteiger partial charge in [-0.25, -0.2) is 0 Å². The Morgan fingerprint density at radius 3 is 2.59 bits per heavy atom. The smallest absolute Gasteiger partial charge is 0.308 e. The molecule has 5 unspecified atom stereocenters. The molecular weight excluding hydrogens is 296 g/mol. The second-order valence-corrected chi connectivity index (χ2v) is 5.15. The molecule has 1 aliphatic rings. The maximum Gasteiger partial charge on any atom is 0.308 e. The number of hydrogen-bond donors (Lipinski definition) is 5. The molecule has 0 aliphatic heterocycles. The highest BCUT2D eigenvalue weighted by molar-refractivity contribution is 5.69. The van der Waals surface area contributed by atoms with E-state index >= 15 is 0 Å². The van der Waals surface area contributed by atoms with Crippen LogP contribution in [0.5, 0.6) is 11.5 Å². The molecule has 0 aromatic heterocycles. The molecule has 0 heterocycles. The third-order valence-electron chi connectivity index (χ3n) is 3.71. The summed E-state index contributed by atoms with van der Waals surface area (Å²) in [6, 6.07) is 5.74. The molecule has 0 saturated heterocycles. The normalized spacial score (nSPS) is 32.0. The quantitative estimate of drug-likeness (QED) is 0.249. The van der Waals surface area contributed by atoms with Gasteiger partial charge in [0.1, 0.15) is 17.6 Å². The highest BCUT2D eigenvalue weighted by atomic mass is 16.6. The van der Waals surface area contributed by atoms with Gasteiger partial charge in [0, 0.05) is 18.9 Å². The number of aliphatic hydroxyl groups is 5. The van der Waals surface area contributed by atoms with Crippen molar-refractivity contribution in [2.24, 2.45) is 5.92 Å². The van der Waals surface area contributed by atoms with Gasteiger partial charge in [0.15, 0.2) is 5.60 Å². The number of ether oxygens (including phenoxy) is 2. The van der Waals surface area contributed by atoms with E-state index in [4.69, 9.17) is 14.6 Å². The van der Waals surface area contributed by atoms with E-state index in [1.165, 1.54) is 31.2 Å². The van der Waals surface area contributed by atoms with Gasteiger partial charge >= 0.3 is 5.97 Å². The molecule has 8 nitrogen and oxygen atoms in total. The van der Waals surface area contributed by atoms with Crippen LogP contribution in [0.2, 0.25) is 0 Å². The molecular formula is C14H18O8. The highest BCUT2D eigenvalue weighted by Gasteiger charge is 2.65. The van der Waals surface area contributed by atoms with Gasteiger partial charge in [-0.3, -0.25) is 4.79 Å². The van der Waals surface area contributed by atoms with E-state index in [2.05, 4.69) is 0 Å². The Bertz CT molecular complexity index is 547. The maximum absolute atomic E-state index is 10.9. The first-order valence-electron chi connectivity index (χ1n) is 6.63. The lowest BCUT2D eigenvalue weighted by Crippen LogP contribution is -2.76. The van der Waals surface area contributed by atoms with E-state index < -0.39 is 42.6 Å². The van der Waals surface area contributed by atoms with Crippen molar-refractivity contribution in [3.05, 3.63) is 24.3 Å². The summed E-state index contributed by atoms with van der Waals surface area (Å²) in [5.41, 5.74) is -2.20. The fourth-order valence-corrected chi connectivity index (χ4v) is 2.45. The van der Waals surface area contributed by atoms with Crippen LogP contribution in [0.25, 0.3) is 0 Å². The Kier molecular flexibility index (Phi) is 4.69. The molecule has 0 radical (unpaired) electrons. The molecule has 2 rings (SSSR count). The highest BCUT2D eigenvalue weighted by Crippen LogP contribution is 2.42. The van der Waals surface area contributed by atoms with E-state index in [1.54, 1.807) is 0 Å². The fourth-order valence-electron chi connectivity index (χ4n) is 2.45. The van der Waals surface area contributed by atoms with Crippen LogP contribution in [0, 0.1) is 5.92 Å². The molecule has 1 fully saturated rings. The monoisotopic (exact) mass is 314 g/mol. The van der Waals surface area contributed by atoms with Gasteiger partial charge in [0.05, 0.1) is 12.7 Å². The molecule has 1 aromatic rings. The van der Waals surface area contributed by atoms with Crippen LogP contribution in [0.3, 0.4) is 0 Å². The second-order valence-electron chi connectivity index (χ2n) is 5.15. The van der Waals surface area contributed by atoms with Crippen molar-refractivity contribution >= 4 is 5.97 Å². The Balaban J connectivity index is 2.12. The summed E-state index contributed by atoms with van der Waals surface area (Å²) in [5.74, 6) is -1.43. The number of hydrogen-bond acceptors (Lipinski definition) is 8. The molecule has 8 heteroatoms. The van der Waals surface area contributed by atoms with Crippen LogP contribution in [0.15, 0.2) is 24.3 Å². The Hall–Kier alpha value is -1.71. The van der Waals surface area contributed by atoms with Crippen molar-refractivity contribution in [1.29, 1.82) is 0 Å². The molecule has 1 aliphatic carbocycles. The van der Waals surface area contributed by atoms with Gasteiger partial charge < -0.3 is 35.0 Å². The van der Waals surface area contributed by atoms with Gasteiger partial charge in [-0.15, -0.1) is 0 Å². The van der Waals surface area contributed by atoms with Crippen molar-refractivity contribution in [2.45, 2.75) is 31.0 Å². The summed E-state index contributed by atoms with van der Waals surface area (Å²) in [5, 5.41) is 48.4. The van der Waals surface area contributed by atoms with Crippen LogP contribution < -0.4 is 9.47 Å². The first-order valence-corrected chi connectivity index (χ1v) is 6.63. The molecule has 5 N–H and O–H groups in total. The van der Waals surface area contributed by atoms with E-state index in [-0.39, 0.29) is 11.5 Å². The number of aliphatic hydroxyl groups excluding tert-OH is 4. The summed E-state index contributed by atoms with van der Waals surface area (Å²) in [4.78, 5) is 10.9. The number of carbonyl (C=O) groups is 1. The topological polar surface area (TPSA) is 137 Å². The summed E-state index contributed by atoms with van der Waals surface area (Å²) in [6.45, 7) is 0.589. The van der Waals surface area contributed by atoms with E-state index in [0.29, 0.717) is 0 Å². The zero-order valence-corrected chi connectivity index (χ0v) is 11.8. The third-order valence-corrected chi connectivity index (χ3v) is 3.71. The van der Waals surface area contributed by atoms with Gasteiger partial charge in [0.2, 0.25) is 6.29 Å². The zero-order valence-electron chi connectivity index (χ0n) is 11.8. The lowest BCUT2D eigenvalue weighted by atomic mass is 9.64. The molecule has 0 amide bonds. The van der Waals surface area contributed by atoms with Gasteiger partial charge in [-0.1, -0.05) is 6.07 Å². The first kappa shape index (κ1) is 16.7. The fraction of sp³-hybridized carbons (Fsp3) is 0.500. The molecule has 122 valence electrons. The van der Waals surface area contributed by atoms with Crippen molar-refractivity contribution in [2.75, 3.05) is 6.61 Å². The molecule has 0 spiro atoms. The predicted octanol–water partition coefficient (Wildman–Crippen LogP) is -1.62. The van der Waals surface area contributed by atoms with Gasteiger partial charge in [-0.2, -0.15) is 0 Å². The summed E-state index contributed by atoms with van der Waals surface area (Å²) in [6.07, 6.45) is -4.91. The number of rotatable bonds is 5. The van der Waals surface area contributed by atoms with Gasteiger partial charge in [-0.05, 0) is 12.1 Å². The van der Waals surface area contributed by atoms with Crippen molar-refractivity contribution in [3.63, 3.8) is 0 Å². The summed E-state index contributed by atoms with van der Waals surface area (Å²) >= 11 is 0. The van der Waals surface area contributed by atoms with E-state index in [1.807, 2.05) is 0 Å². The third kappa shape index (κ3) is 2.79. The minimum Gasteiger partial charge on any atom is -0.462 e. The van der Waals surface area contributed by atoms with Crippen LogP contribution in [-0.2, 0) is 4.79 Å². The molecule has 5 atom stereocenters. The lowest BCUT2D eigenvalue weighted by molar-refractivity contribution is -0.332. The molecule has 1 saturated carbocycles. The molecule has 1 aromatic carbocycles. The SMILES string of the molecule is CC(=O)Oc1cccc(OC(O)C2(O)C(O)C(O)C2CO)c1. The van der Waals surface area contributed by atoms with Crippen molar-refractivity contribution in [1.82, 2.24) is 0 Å². The zero-order chi connectivity index (χ0) is 16.5. The minimum absolute atomic E-state index is 0.0740. The molecule has 22 heavy (non-hydrogen) atoms. The average Bonchev–Trinajstić information content (AvgIpc) is 2.46. The summed E-state index contributed by atoms with van der Waals surface area (Å²) in [7, 11) is 0. The Labute approximate surface area is 126 Å². The summed E-state index contributed by atoms with van der Waals surface area (Å²) < 4.78 is 9.98. The Morgan fingerprint density at radius 2 is 2.00 bits per heavy atom. The minimum atomic E-state index is -2.20. The second kappa shape index (κ2) is 6.19. The standard InChI is InChI=1S/C14H18O8/c1-7(16)21-8-3-2-4-9(5-8)22-13(19)14(20)10(6-15)11(17)12(14)18/h2-5,10-13,15,17-20H,6H2,1H3. The number of carbonyl (C=O) groups excluding carboxylic acids is 1. The van der Waals surface area contributed by atoms with Crippen LogP contribution >= 0.6 is 0 Å². The predicted molar refractivity (Wildman–Crippen MR) is 71.9 cm³/mol. The van der Waals surface area contributed by atoms with E-state index in [9.17, 15) is 25.2 Å². The van der Waals surface area contributed by atoms with Crippen LogP contribution in [0.1, 0.15) is 6.92 Å². The Morgan fingerprint density at radius 1 is 1.36 bits per heavy atom. The van der Waals surface area contributed by atoms with Gasteiger partial charge in [0.25, 0.3) is 0 Å². The maximum atomic E-state index is 10.9. The number of esters is 1. The van der Waals surface area contributed by atoms with Crippen molar-refractivity contribution in [3.8, 4) is 11.5 Å². The molecule has 0 bridgehead atoms. The van der Waals surface area contributed by atoms with E-state index in [0.717, 1.165) is 0 Å². The number of benzene rings is 1. The largest absolute Gasteiger partial charge is 0.462 e. The van der Waals surface area contributed by atoms with Crippen LogP contribution in [0.4, 0.5) is 0 Å². The first-order chi connectivity index (χ1) is 10.3. The average molecular weight is 314 g/mol.